The number of allylic oxidation sites excluding steroid dienone is 4. The molecule has 1 aliphatic heterocycles. The number of aldehydes is 1. The first-order valence-corrected chi connectivity index (χ1v) is 13.5. The van der Waals surface area contributed by atoms with Crippen molar-refractivity contribution < 1.29 is 21.9 Å². The highest BCUT2D eigenvalue weighted by Crippen LogP contribution is 2.54. The van der Waals surface area contributed by atoms with Gasteiger partial charge in [0.25, 0.3) is 0 Å². The molecule has 3 nitrogen and oxygen atoms in total. The van der Waals surface area contributed by atoms with Crippen LogP contribution in [0.15, 0.2) is 128 Å². The highest BCUT2D eigenvalue weighted by atomic mass is 35.5. The Bertz CT molecular complexity index is 964. The van der Waals surface area contributed by atoms with Gasteiger partial charge in [-0.1, -0.05) is 66.7 Å². The molecule has 1 N–H and O–H groups in total. The van der Waals surface area contributed by atoms with Crippen molar-refractivity contribution in [2.75, 3.05) is 13.5 Å². The molecule has 1 saturated carbocycles. The van der Waals surface area contributed by atoms with E-state index in [0.717, 1.165) is 19.1 Å². The fourth-order valence-corrected chi connectivity index (χ4v) is 7.32. The number of ether oxygens (including phenoxy) is 1. The van der Waals surface area contributed by atoms with Crippen molar-refractivity contribution in [2.45, 2.75) is 12.8 Å². The molecule has 5 rings (SSSR count). The smallest absolute Gasteiger partial charge is 0.170 e. The molecule has 0 saturated heterocycles. The molecule has 1 atom stereocenters. The van der Waals surface area contributed by atoms with Gasteiger partial charge in [-0.3, -0.25) is 0 Å². The summed E-state index contributed by atoms with van der Waals surface area (Å²) in [4.78, 5) is 9.57. The topological polar surface area (TPSA) is 38.3 Å². The Morgan fingerprint density at radius 1 is 0.757 bits per heavy atom. The lowest BCUT2D eigenvalue weighted by atomic mass is 10.4. The molecule has 2 aliphatic rings. The molecule has 1 heterocycles. The van der Waals surface area contributed by atoms with Crippen molar-refractivity contribution in [1.29, 1.82) is 0 Å². The van der Waals surface area contributed by atoms with Crippen LogP contribution in [-0.4, -0.2) is 19.7 Å². The molecule has 1 aliphatic carbocycles. The number of hydrogen-bond acceptors (Lipinski definition) is 3. The molecular formula is C30H37Cl2NO2P2. The monoisotopic (exact) mass is 575 g/mol. The molecule has 37 heavy (non-hydrogen) atoms. The summed E-state index contributed by atoms with van der Waals surface area (Å²) in [6, 6.07) is 32.3. The van der Waals surface area contributed by atoms with E-state index >= 15 is 0 Å². The molecule has 0 radical (unpaired) electrons. The SMILES string of the molecule is C1=CC=CNC=C1.COC[P+](c1ccccc1)(c1ccccc1)c1ccccc1.Cl.O=CC1CC1.P.[Cl-]. The van der Waals surface area contributed by atoms with Crippen LogP contribution in [0.3, 0.4) is 0 Å². The summed E-state index contributed by atoms with van der Waals surface area (Å²) in [6.07, 6.45) is 15.6. The van der Waals surface area contributed by atoms with Crippen LogP contribution in [0.1, 0.15) is 12.8 Å². The van der Waals surface area contributed by atoms with Crippen LogP contribution in [0, 0.1) is 5.92 Å². The fourth-order valence-electron chi connectivity index (χ4n) is 3.55. The summed E-state index contributed by atoms with van der Waals surface area (Å²) < 4.78 is 5.72. The van der Waals surface area contributed by atoms with E-state index in [1.54, 1.807) is 7.11 Å². The predicted molar refractivity (Wildman–Crippen MR) is 165 cm³/mol. The number of rotatable bonds is 6. The largest absolute Gasteiger partial charge is 1.00 e. The van der Waals surface area contributed by atoms with Gasteiger partial charge in [-0.15, -0.1) is 12.4 Å². The second-order valence-corrected chi connectivity index (χ2v) is 11.4. The van der Waals surface area contributed by atoms with E-state index in [9.17, 15) is 4.79 Å². The van der Waals surface area contributed by atoms with Gasteiger partial charge >= 0.3 is 0 Å². The van der Waals surface area contributed by atoms with E-state index in [2.05, 4.69) is 96.3 Å². The van der Waals surface area contributed by atoms with Gasteiger partial charge in [0.05, 0.1) is 0 Å². The second-order valence-electron chi connectivity index (χ2n) is 7.98. The highest BCUT2D eigenvalue weighted by molar-refractivity contribution is 7.95. The summed E-state index contributed by atoms with van der Waals surface area (Å²) in [5.74, 6) is 0.454. The zero-order chi connectivity index (χ0) is 23.9. The first-order chi connectivity index (χ1) is 16.8. The first-order valence-electron chi connectivity index (χ1n) is 11.5. The molecule has 198 valence electrons. The summed E-state index contributed by atoms with van der Waals surface area (Å²) >= 11 is 0. The maximum Gasteiger partial charge on any atom is 0.170 e. The molecule has 0 spiro atoms. The Balaban J connectivity index is 0.000000716. The Labute approximate surface area is 238 Å². The number of methoxy groups -OCH3 is 1. The van der Waals surface area contributed by atoms with Crippen molar-refractivity contribution in [2.24, 2.45) is 5.92 Å². The molecule has 1 unspecified atom stereocenters. The van der Waals surface area contributed by atoms with Crippen LogP contribution in [0.2, 0.25) is 0 Å². The van der Waals surface area contributed by atoms with Gasteiger partial charge in [0.15, 0.2) is 6.35 Å². The number of benzene rings is 3. The van der Waals surface area contributed by atoms with Gasteiger partial charge in [0.1, 0.15) is 29.5 Å². The zero-order valence-electron chi connectivity index (χ0n) is 21.2. The van der Waals surface area contributed by atoms with Crippen LogP contribution in [0.4, 0.5) is 0 Å². The van der Waals surface area contributed by atoms with Crippen LogP contribution < -0.4 is 33.6 Å². The Kier molecular flexibility index (Phi) is 18.6. The summed E-state index contributed by atoms with van der Waals surface area (Å²) in [7, 11) is 0.0197. The van der Waals surface area contributed by atoms with E-state index in [0.29, 0.717) is 12.3 Å². The summed E-state index contributed by atoms with van der Waals surface area (Å²) in [6.45, 7) is 0. The lowest BCUT2D eigenvalue weighted by Crippen LogP contribution is -3.00. The van der Waals surface area contributed by atoms with E-state index in [1.807, 2.05) is 36.7 Å². The summed E-state index contributed by atoms with van der Waals surface area (Å²) in [5, 5.41) is 6.99. The number of hydrogen-bond donors (Lipinski definition) is 1. The average molecular weight is 576 g/mol. The van der Waals surface area contributed by atoms with E-state index in [-0.39, 0.29) is 34.7 Å². The number of halogens is 2. The van der Waals surface area contributed by atoms with E-state index in [4.69, 9.17) is 4.74 Å². The second kappa shape index (κ2) is 19.8. The van der Waals surface area contributed by atoms with Gasteiger partial charge < -0.3 is 27.3 Å². The minimum absolute atomic E-state index is 0. The highest BCUT2D eigenvalue weighted by Gasteiger charge is 2.45. The Morgan fingerprint density at radius 3 is 1.41 bits per heavy atom. The molecule has 0 aromatic heterocycles. The number of nitrogens with one attached hydrogen (secondary N) is 1. The Hall–Kier alpha value is -2.25. The maximum absolute atomic E-state index is 9.57. The maximum atomic E-state index is 9.57. The van der Waals surface area contributed by atoms with Gasteiger partial charge in [0.2, 0.25) is 0 Å². The minimum atomic E-state index is -1.78. The van der Waals surface area contributed by atoms with Crippen molar-refractivity contribution in [3.05, 3.63) is 128 Å². The molecule has 0 bridgehead atoms. The van der Waals surface area contributed by atoms with E-state index in [1.165, 1.54) is 15.9 Å². The third kappa shape index (κ3) is 10.9. The molecular weight excluding hydrogens is 539 g/mol. The standard InChI is InChI=1S/C20H20OP.C6H7N.C4H6O.2ClH.H3P/c1-21-17-22(18-11-5-2-6-12-18,19-13-7-3-8-14-19)20-15-9-4-10-16-20;1-2-4-6-7-5-3-1;5-3-4-1-2-4;;;/h2-16H,17H2,1H3;1-7H;3-4H,1-2H2;2*1H;1H3/q+1;;;;;/p-1. The molecule has 0 amide bonds. The first kappa shape index (κ1) is 34.8. The number of carbonyl (C=O) groups excluding carboxylic acids is 1. The lowest BCUT2D eigenvalue weighted by molar-refractivity contribution is -0.108. The van der Waals surface area contributed by atoms with Gasteiger partial charge in [0, 0.05) is 25.4 Å². The fraction of sp³-hybridized carbons (Fsp3) is 0.167. The number of carbonyl (C=O) groups is 1. The van der Waals surface area contributed by atoms with Crippen molar-refractivity contribution in [1.82, 2.24) is 5.32 Å². The third-order valence-corrected chi connectivity index (χ3v) is 9.63. The van der Waals surface area contributed by atoms with Crippen LogP contribution >= 0.6 is 29.6 Å². The quantitative estimate of drug-likeness (QED) is 0.363. The van der Waals surface area contributed by atoms with Gasteiger partial charge in [-0.05, 0) is 61.4 Å². The third-order valence-electron chi connectivity index (χ3n) is 5.45. The predicted octanol–water partition coefficient (Wildman–Crippen LogP) is 2.84. The van der Waals surface area contributed by atoms with Crippen LogP contribution in [0.25, 0.3) is 0 Å². The van der Waals surface area contributed by atoms with Crippen LogP contribution in [-0.2, 0) is 9.53 Å². The zero-order valence-corrected chi connectivity index (χ0v) is 25.0. The van der Waals surface area contributed by atoms with Gasteiger partial charge in [-0.25, -0.2) is 0 Å². The Morgan fingerprint density at radius 2 is 1.14 bits per heavy atom. The van der Waals surface area contributed by atoms with Crippen molar-refractivity contribution in [3.63, 3.8) is 0 Å². The molecule has 3 aromatic rings. The molecule has 7 heteroatoms. The normalized spacial score (nSPS) is 12.8. The lowest BCUT2D eigenvalue weighted by Gasteiger charge is -2.26. The minimum Gasteiger partial charge on any atom is -1.00 e. The van der Waals surface area contributed by atoms with Crippen LogP contribution in [0.5, 0.6) is 0 Å². The van der Waals surface area contributed by atoms with Gasteiger partial charge in [-0.2, -0.15) is 9.90 Å². The summed E-state index contributed by atoms with van der Waals surface area (Å²) in [5.41, 5.74) is 0. The van der Waals surface area contributed by atoms with Crippen molar-refractivity contribution >= 4 is 51.8 Å². The molecule has 1 fully saturated rings. The van der Waals surface area contributed by atoms with E-state index < -0.39 is 7.26 Å². The van der Waals surface area contributed by atoms with Crippen molar-refractivity contribution in [3.8, 4) is 0 Å². The average Bonchev–Trinajstić information content (AvgIpc) is 3.77. The molecule has 3 aromatic carbocycles.